The fourth-order valence-corrected chi connectivity index (χ4v) is 3.44. The largest absolute Gasteiger partial charge is 0.458 e. The van der Waals surface area contributed by atoms with Crippen molar-refractivity contribution in [1.29, 1.82) is 0 Å². The summed E-state index contributed by atoms with van der Waals surface area (Å²) in [5.74, 6) is 0.0885. The molecule has 0 heterocycles. The van der Waals surface area contributed by atoms with Crippen LogP contribution >= 0.6 is 0 Å². The molecule has 2 aromatic carbocycles. The van der Waals surface area contributed by atoms with Gasteiger partial charge in [0.15, 0.2) is 0 Å². The molecule has 0 bridgehead atoms. The summed E-state index contributed by atoms with van der Waals surface area (Å²) in [6, 6.07) is 21.4. The number of hydrogen-bond donors (Lipinski definition) is 0. The summed E-state index contributed by atoms with van der Waals surface area (Å²) in [5, 5.41) is 0. The molecule has 1 unspecified atom stereocenters. The Kier molecular flexibility index (Phi) is 9.96. The number of ether oxygens (including phenoxy) is 2. The maximum atomic E-state index is 11.8. The Balaban J connectivity index is 2.03. The van der Waals surface area contributed by atoms with Crippen molar-refractivity contribution in [3.63, 3.8) is 0 Å². The highest BCUT2D eigenvalue weighted by molar-refractivity contribution is 5.71. The Hall–Kier alpha value is -2.43. The van der Waals surface area contributed by atoms with Gasteiger partial charge >= 0.3 is 5.97 Å². The van der Waals surface area contributed by atoms with E-state index in [2.05, 4.69) is 73.4 Å². The van der Waals surface area contributed by atoms with Crippen LogP contribution in [0.4, 0.5) is 0 Å². The van der Waals surface area contributed by atoms with Gasteiger partial charge in [-0.1, -0.05) is 86.7 Å². The van der Waals surface area contributed by atoms with Crippen molar-refractivity contribution >= 4 is 5.97 Å². The van der Waals surface area contributed by atoms with Gasteiger partial charge in [-0.3, -0.25) is 4.90 Å². The molecule has 0 aliphatic rings. The van der Waals surface area contributed by atoms with E-state index >= 15 is 0 Å². The molecule has 2 aromatic rings. The van der Waals surface area contributed by atoms with Crippen LogP contribution in [0.3, 0.4) is 0 Å². The first-order valence-electron chi connectivity index (χ1n) is 11.0. The van der Waals surface area contributed by atoms with Crippen LogP contribution in [0.5, 0.6) is 0 Å². The normalized spacial score (nSPS) is 13.1. The first-order valence-corrected chi connectivity index (χ1v) is 11.0. The van der Waals surface area contributed by atoms with Crippen LogP contribution in [0, 0.1) is 5.92 Å². The van der Waals surface area contributed by atoms with E-state index in [4.69, 9.17) is 9.47 Å². The van der Waals surface area contributed by atoms with Crippen molar-refractivity contribution < 1.29 is 14.3 Å². The summed E-state index contributed by atoms with van der Waals surface area (Å²) >= 11 is 0. The number of rotatable bonds is 11. The van der Waals surface area contributed by atoms with Gasteiger partial charge in [-0.05, 0) is 37.8 Å². The molecule has 0 aliphatic heterocycles. The van der Waals surface area contributed by atoms with E-state index < -0.39 is 5.60 Å². The lowest BCUT2D eigenvalue weighted by Gasteiger charge is -2.33. The topological polar surface area (TPSA) is 38.8 Å². The van der Waals surface area contributed by atoms with Crippen LogP contribution < -0.4 is 0 Å². The number of carbonyl (C=O) groups is 1. The Morgan fingerprint density at radius 2 is 1.45 bits per heavy atom. The average molecular weight is 424 g/mol. The van der Waals surface area contributed by atoms with Crippen LogP contribution in [0.25, 0.3) is 0 Å². The van der Waals surface area contributed by atoms with Gasteiger partial charge in [-0.15, -0.1) is 0 Å². The molecule has 168 valence electrons. The minimum atomic E-state index is -0.492. The van der Waals surface area contributed by atoms with E-state index in [-0.39, 0.29) is 18.6 Å². The molecule has 2 rings (SSSR count). The van der Waals surface area contributed by atoms with Gasteiger partial charge in [0, 0.05) is 19.1 Å². The fourth-order valence-electron chi connectivity index (χ4n) is 3.44. The molecule has 0 aromatic heterocycles. The smallest absolute Gasteiger partial charge is 0.332 e. The standard InChI is InChI=1S/C27H37NO3/c1-22(2)25(17-12-18-30-21-26(29)31-27(3,4)5)28(19-23-13-8-6-9-14-23)20-24-15-10-7-11-16-24/h6-17,22,25H,18-21H2,1-5H3/b17-12+. The number of esters is 1. The highest BCUT2D eigenvalue weighted by Crippen LogP contribution is 2.19. The minimum Gasteiger partial charge on any atom is -0.458 e. The summed E-state index contributed by atoms with van der Waals surface area (Å²) in [5.41, 5.74) is 2.09. The van der Waals surface area contributed by atoms with E-state index in [9.17, 15) is 4.79 Å². The van der Waals surface area contributed by atoms with Gasteiger partial charge in [0.1, 0.15) is 12.2 Å². The fraction of sp³-hybridized carbons (Fsp3) is 0.444. The summed E-state index contributed by atoms with van der Waals surface area (Å²) in [4.78, 5) is 14.3. The van der Waals surface area contributed by atoms with E-state index in [0.29, 0.717) is 12.5 Å². The molecule has 0 radical (unpaired) electrons. The average Bonchev–Trinajstić information content (AvgIpc) is 2.70. The SMILES string of the molecule is CC(C)C(/C=C/COCC(=O)OC(C)(C)C)N(Cc1ccccc1)Cc1ccccc1. The summed E-state index contributed by atoms with van der Waals surface area (Å²) < 4.78 is 10.8. The molecule has 0 saturated carbocycles. The predicted octanol–water partition coefficient (Wildman–Crippen LogP) is 5.63. The van der Waals surface area contributed by atoms with Crippen LogP contribution in [-0.4, -0.2) is 35.7 Å². The molecule has 4 nitrogen and oxygen atoms in total. The third kappa shape index (κ3) is 9.95. The lowest BCUT2D eigenvalue weighted by molar-refractivity contribution is -0.159. The quantitative estimate of drug-likeness (QED) is 0.267. The lowest BCUT2D eigenvalue weighted by atomic mass is 10.00. The number of hydrogen-bond acceptors (Lipinski definition) is 4. The maximum Gasteiger partial charge on any atom is 0.332 e. The van der Waals surface area contributed by atoms with Crippen LogP contribution in [0.15, 0.2) is 72.8 Å². The monoisotopic (exact) mass is 423 g/mol. The maximum absolute atomic E-state index is 11.8. The van der Waals surface area contributed by atoms with E-state index in [0.717, 1.165) is 13.1 Å². The predicted molar refractivity (Wildman–Crippen MR) is 127 cm³/mol. The van der Waals surface area contributed by atoms with E-state index in [1.165, 1.54) is 11.1 Å². The number of benzene rings is 2. The van der Waals surface area contributed by atoms with Crippen LogP contribution in [0.2, 0.25) is 0 Å². The van der Waals surface area contributed by atoms with Gasteiger partial charge in [0.2, 0.25) is 0 Å². The van der Waals surface area contributed by atoms with Gasteiger partial charge in [-0.25, -0.2) is 4.79 Å². The Morgan fingerprint density at radius 1 is 0.935 bits per heavy atom. The van der Waals surface area contributed by atoms with Crippen molar-refractivity contribution in [3.05, 3.63) is 83.9 Å². The van der Waals surface area contributed by atoms with Gasteiger partial charge in [0.25, 0.3) is 0 Å². The number of carbonyl (C=O) groups excluding carboxylic acids is 1. The Labute approximate surface area is 187 Å². The van der Waals surface area contributed by atoms with Crippen LogP contribution in [0.1, 0.15) is 45.7 Å². The zero-order chi connectivity index (χ0) is 22.7. The van der Waals surface area contributed by atoms with Gasteiger partial charge in [-0.2, -0.15) is 0 Å². The summed E-state index contributed by atoms with van der Waals surface area (Å²) in [6.45, 7) is 12.1. The van der Waals surface area contributed by atoms with Crippen molar-refractivity contribution in [2.24, 2.45) is 5.92 Å². The second-order valence-corrected chi connectivity index (χ2v) is 9.14. The molecule has 0 spiro atoms. The molecule has 0 amide bonds. The highest BCUT2D eigenvalue weighted by atomic mass is 16.6. The summed E-state index contributed by atoms with van der Waals surface area (Å²) in [6.07, 6.45) is 4.21. The third-order valence-electron chi connectivity index (χ3n) is 4.75. The Morgan fingerprint density at radius 3 is 1.90 bits per heavy atom. The zero-order valence-corrected chi connectivity index (χ0v) is 19.6. The molecule has 0 N–H and O–H groups in total. The highest BCUT2D eigenvalue weighted by Gasteiger charge is 2.20. The van der Waals surface area contributed by atoms with Gasteiger partial charge in [0.05, 0.1) is 6.61 Å². The first-order chi connectivity index (χ1) is 14.7. The molecular formula is C27H37NO3. The molecule has 0 fully saturated rings. The Bertz CT molecular complexity index is 753. The van der Waals surface area contributed by atoms with Crippen molar-refractivity contribution in [2.45, 2.75) is 59.4 Å². The van der Waals surface area contributed by atoms with E-state index in [1.807, 2.05) is 39.0 Å². The third-order valence-corrected chi connectivity index (χ3v) is 4.75. The van der Waals surface area contributed by atoms with Crippen molar-refractivity contribution in [3.8, 4) is 0 Å². The van der Waals surface area contributed by atoms with Crippen LogP contribution in [-0.2, 0) is 27.4 Å². The molecular weight excluding hydrogens is 386 g/mol. The second kappa shape index (κ2) is 12.4. The minimum absolute atomic E-state index is 0.0360. The molecule has 1 atom stereocenters. The van der Waals surface area contributed by atoms with Crippen molar-refractivity contribution in [2.75, 3.05) is 13.2 Å². The zero-order valence-electron chi connectivity index (χ0n) is 19.6. The van der Waals surface area contributed by atoms with Crippen molar-refractivity contribution in [1.82, 2.24) is 4.90 Å². The molecule has 4 heteroatoms. The molecule has 31 heavy (non-hydrogen) atoms. The molecule has 0 saturated heterocycles. The second-order valence-electron chi connectivity index (χ2n) is 9.14. The first kappa shape index (κ1) is 24.8. The van der Waals surface area contributed by atoms with Gasteiger partial charge < -0.3 is 9.47 Å². The molecule has 0 aliphatic carbocycles. The summed E-state index contributed by atoms with van der Waals surface area (Å²) in [7, 11) is 0. The number of nitrogens with zero attached hydrogens (tertiary/aromatic N) is 1. The van der Waals surface area contributed by atoms with E-state index in [1.54, 1.807) is 0 Å². The lowest BCUT2D eigenvalue weighted by Crippen LogP contribution is -2.36.